The molecule has 6 nitrogen and oxygen atoms in total. The van der Waals surface area contributed by atoms with Gasteiger partial charge in [-0.25, -0.2) is 4.98 Å². The number of methoxy groups -OCH3 is 2. The Hall–Kier alpha value is -2.89. The maximum Gasteiger partial charge on any atom is 0.307 e. The molecule has 23 heavy (non-hydrogen) atoms. The van der Waals surface area contributed by atoms with Crippen molar-refractivity contribution in [1.82, 2.24) is 10.3 Å². The molecule has 2 aromatic rings. The van der Waals surface area contributed by atoms with Gasteiger partial charge in [-0.3, -0.25) is 9.59 Å². The molecule has 0 bridgehead atoms. The van der Waals surface area contributed by atoms with Crippen LogP contribution in [0, 0.1) is 0 Å². The zero-order valence-corrected chi connectivity index (χ0v) is 13.0. The lowest BCUT2D eigenvalue weighted by molar-refractivity contribution is -0.141. The summed E-state index contributed by atoms with van der Waals surface area (Å²) < 4.78 is 9.66. The van der Waals surface area contributed by atoms with Gasteiger partial charge in [-0.2, -0.15) is 0 Å². The molecule has 0 saturated carbocycles. The van der Waals surface area contributed by atoms with Gasteiger partial charge in [0.2, 0.25) is 5.88 Å². The van der Waals surface area contributed by atoms with Gasteiger partial charge >= 0.3 is 5.97 Å². The average molecular weight is 314 g/mol. The summed E-state index contributed by atoms with van der Waals surface area (Å²) >= 11 is 0. The zero-order valence-electron chi connectivity index (χ0n) is 13.0. The van der Waals surface area contributed by atoms with Crippen LogP contribution in [0.25, 0.3) is 0 Å². The van der Waals surface area contributed by atoms with Crippen molar-refractivity contribution in [2.75, 3.05) is 14.2 Å². The number of nitrogens with one attached hydrogen (secondary N) is 1. The highest BCUT2D eigenvalue weighted by Gasteiger charge is 2.19. The van der Waals surface area contributed by atoms with Gasteiger partial charge in [-0.1, -0.05) is 30.3 Å². The first-order chi connectivity index (χ1) is 11.1. The van der Waals surface area contributed by atoms with Crippen LogP contribution < -0.4 is 10.1 Å². The number of nitrogens with zero attached hydrogens (tertiary/aromatic N) is 1. The van der Waals surface area contributed by atoms with Crippen molar-refractivity contribution in [3.8, 4) is 5.88 Å². The van der Waals surface area contributed by atoms with E-state index >= 15 is 0 Å². The maximum atomic E-state index is 12.4. The molecule has 1 amide bonds. The lowest BCUT2D eigenvalue weighted by Crippen LogP contribution is -2.30. The van der Waals surface area contributed by atoms with E-state index in [4.69, 9.17) is 9.47 Å². The molecule has 1 N–H and O–H groups in total. The normalized spacial score (nSPS) is 11.4. The number of aromatic nitrogens is 1. The summed E-state index contributed by atoms with van der Waals surface area (Å²) in [5.74, 6) is -0.291. The number of hydrogen-bond donors (Lipinski definition) is 1. The van der Waals surface area contributed by atoms with Gasteiger partial charge in [0.1, 0.15) is 0 Å². The van der Waals surface area contributed by atoms with Crippen LogP contribution in [-0.2, 0) is 9.53 Å². The molecule has 1 aromatic carbocycles. The second kappa shape index (κ2) is 7.93. The Labute approximate surface area is 134 Å². The molecule has 0 saturated heterocycles. The third-order valence-corrected chi connectivity index (χ3v) is 3.31. The SMILES string of the molecule is COC(=O)C[C@H](NC(=O)c1ccc(OC)nc1)c1ccccc1. The van der Waals surface area contributed by atoms with Crippen LogP contribution in [0.3, 0.4) is 0 Å². The molecule has 1 aromatic heterocycles. The third-order valence-electron chi connectivity index (χ3n) is 3.31. The molecular weight excluding hydrogens is 296 g/mol. The summed E-state index contributed by atoms with van der Waals surface area (Å²) in [5.41, 5.74) is 1.21. The fourth-order valence-electron chi connectivity index (χ4n) is 2.06. The lowest BCUT2D eigenvalue weighted by atomic mass is 10.0. The second-order valence-electron chi connectivity index (χ2n) is 4.81. The number of carbonyl (C=O) groups excluding carboxylic acids is 2. The zero-order chi connectivity index (χ0) is 16.7. The van der Waals surface area contributed by atoms with Crippen molar-refractivity contribution in [2.45, 2.75) is 12.5 Å². The summed E-state index contributed by atoms with van der Waals surface area (Å²) in [4.78, 5) is 27.9. The van der Waals surface area contributed by atoms with E-state index in [2.05, 4.69) is 10.3 Å². The minimum atomic E-state index is -0.474. The van der Waals surface area contributed by atoms with Crippen molar-refractivity contribution in [3.63, 3.8) is 0 Å². The minimum Gasteiger partial charge on any atom is -0.481 e. The molecule has 0 spiro atoms. The van der Waals surface area contributed by atoms with Gasteiger partial charge in [0.25, 0.3) is 5.91 Å². The molecule has 0 aliphatic carbocycles. The van der Waals surface area contributed by atoms with E-state index in [1.807, 2.05) is 30.3 Å². The van der Waals surface area contributed by atoms with E-state index in [1.54, 1.807) is 12.1 Å². The molecule has 0 radical (unpaired) electrons. The van der Waals surface area contributed by atoms with Crippen molar-refractivity contribution in [2.24, 2.45) is 0 Å². The van der Waals surface area contributed by atoms with Crippen LogP contribution in [0.15, 0.2) is 48.7 Å². The molecule has 0 fully saturated rings. The molecule has 2 rings (SSSR count). The monoisotopic (exact) mass is 314 g/mol. The van der Waals surface area contributed by atoms with E-state index in [9.17, 15) is 9.59 Å². The Balaban J connectivity index is 2.15. The number of pyridine rings is 1. The minimum absolute atomic E-state index is 0.0514. The molecule has 0 unspecified atom stereocenters. The summed E-state index contributed by atoms with van der Waals surface area (Å²) in [5, 5.41) is 2.83. The first-order valence-electron chi connectivity index (χ1n) is 7.06. The third kappa shape index (κ3) is 4.54. The highest BCUT2D eigenvalue weighted by atomic mass is 16.5. The smallest absolute Gasteiger partial charge is 0.307 e. The number of hydrogen-bond acceptors (Lipinski definition) is 5. The van der Waals surface area contributed by atoms with Crippen molar-refractivity contribution in [3.05, 3.63) is 59.8 Å². The van der Waals surface area contributed by atoms with Gasteiger partial charge in [-0.05, 0) is 11.6 Å². The van der Waals surface area contributed by atoms with Crippen molar-refractivity contribution in [1.29, 1.82) is 0 Å². The number of esters is 1. The van der Waals surface area contributed by atoms with Crippen LogP contribution in [0.5, 0.6) is 5.88 Å². The number of carbonyl (C=O) groups is 2. The van der Waals surface area contributed by atoms with Gasteiger partial charge in [0.15, 0.2) is 0 Å². The molecule has 120 valence electrons. The molecule has 0 aliphatic heterocycles. The van der Waals surface area contributed by atoms with E-state index in [-0.39, 0.29) is 12.3 Å². The largest absolute Gasteiger partial charge is 0.481 e. The quantitative estimate of drug-likeness (QED) is 0.826. The standard InChI is InChI=1S/C17H18N2O4/c1-22-15-9-8-13(11-18-15)17(21)19-14(10-16(20)23-2)12-6-4-3-5-7-12/h3-9,11,14H,10H2,1-2H3,(H,19,21)/t14-/m0/s1. The summed E-state index contributed by atoms with van der Waals surface area (Å²) in [6.07, 6.45) is 1.48. The van der Waals surface area contributed by atoms with Crippen LogP contribution in [0.2, 0.25) is 0 Å². The highest BCUT2D eigenvalue weighted by Crippen LogP contribution is 2.18. The van der Waals surface area contributed by atoms with Crippen LogP contribution in [0.1, 0.15) is 28.4 Å². The predicted molar refractivity (Wildman–Crippen MR) is 84.1 cm³/mol. The predicted octanol–water partition coefficient (Wildman–Crippen LogP) is 2.12. The molecule has 1 heterocycles. The van der Waals surface area contributed by atoms with Crippen LogP contribution in [-0.4, -0.2) is 31.1 Å². The lowest BCUT2D eigenvalue weighted by Gasteiger charge is -2.18. The Kier molecular flexibility index (Phi) is 5.68. The summed E-state index contributed by atoms with van der Waals surface area (Å²) in [7, 11) is 2.82. The Morgan fingerprint density at radius 2 is 1.87 bits per heavy atom. The van der Waals surface area contributed by atoms with E-state index in [1.165, 1.54) is 20.4 Å². The highest BCUT2D eigenvalue weighted by molar-refractivity contribution is 5.94. The number of amides is 1. The molecule has 1 atom stereocenters. The fourth-order valence-corrected chi connectivity index (χ4v) is 2.06. The van der Waals surface area contributed by atoms with Crippen molar-refractivity contribution < 1.29 is 19.1 Å². The van der Waals surface area contributed by atoms with Crippen LogP contribution >= 0.6 is 0 Å². The summed E-state index contributed by atoms with van der Waals surface area (Å²) in [6, 6.07) is 12.0. The first-order valence-corrected chi connectivity index (χ1v) is 7.06. The van der Waals surface area contributed by atoms with E-state index in [0.717, 1.165) is 5.56 Å². The summed E-state index contributed by atoms with van der Waals surface area (Å²) in [6.45, 7) is 0. The van der Waals surface area contributed by atoms with Gasteiger partial charge in [0.05, 0.1) is 32.2 Å². The van der Waals surface area contributed by atoms with Gasteiger partial charge in [-0.15, -0.1) is 0 Å². The number of ether oxygens (including phenoxy) is 2. The first kappa shape index (κ1) is 16.5. The average Bonchev–Trinajstić information content (AvgIpc) is 2.61. The topological polar surface area (TPSA) is 77.5 Å². The van der Waals surface area contributed by atoms with Crippen LogP contribution in [0.4, 0.5) is 0 Å². The fraction of sp³-hybridized carbons (Fsp3) is 0.235. The Bertz CT molecular complexity index is 656. The van der Waals surface area contributed by atoms with Gasteiger partial charge in [0, 0.05) is 12.3 Å². The van der Waals surface area contributed by atoms with E-state index < -0.39 is 12.0 Å². The molecule has 6 heteroatoms. The van der Waals surface area contributed by atoms with Crippen molar-refractivity contribution >= 4 is 11.9 Å². The molecule has 0 aliphatic rings. The van der Waals surface area contributed by atoms with E-state index in [0.29, 0.717) is 11.4 Å². The molecular formula is C17H18N2O4. The maximum absolute atomic E-state index is 12.4. The van der Waals surface area contributed by atoms with Gasteiger partial charge < -0.3 is 14.8 Å². The Morgan fingerprint density at radius 3 is 2.43 bits per heavy atom. The number of benzene rings is 1. The second-order valence-corrected chi connectivity index (χ2v) is 4.81. The number of rotatable bonds is 6. The Morgan fingerprint density at radius 1 is 1.13 bits per heavy atom.